The standard InChI is InChI=1S/C22H18Cl2N2O/c1-22(2,27)17-5-3-4-15(12-17)16-8-11-19-25-20(21(24)26(19)13-16)14-6-9-18(23)10-7-14/h3-13,27H,1-2H3. The first-order valence-electron chi connectivity index (χ1n) is 8.60. The van der Waals surface area contributed by atoms with Crippen LogP contribution in [0.4, 0.5) is 0 Å². The van der Waals surface area contributed by atoms with Gasteiger partial charge in [-0.15, -0.1) is 0 Å². The molecule has 0 bridgehead atoms. The predicted octanol–water partition coefficient (Wildman–Crippen LogP) is 6.20. The van der Waals surface area contributed by atoms with E-state index in [0.717, 1.165) is 33.6 Å². The summed E-state index contributed by atoms with van der Waals surface area (Å²) in [6.45, 7) is 3.56. The van der Waals surface area contributed by atoms with E-state index in [2.05, 4.69) is 4.98 Å². The largest absolute Gasteiger partial charge is 0.386 e. The molecule has 0 aliphatic carbocycles. The number of fused-ring (bicyclic) bond motifs is 1. The number of aromatic nitrogens is 2. The fourth-order valence-electron chi connectivity index (χ4n) is 3.06. The third-order valence-electron chi connectivity index (χ3n) is 4.58. The summed E-state index contributed by atoms with van der Waals surface area (Å²) in [5, 5.41) is 11.5. The van der Waals surface area contributed by atoms with Gasteiger partial charge in [-0.1, -0.05) is 53.5 Å². The van der Waals surface area contributed by atoms with Gasteiger partial charge in [0.1, 0.15) is 16.5 Å². The molecule has 0 unspecified atom stereocenters. The summed E-state index contributed by atoms with van der Waals surface area (Å²) >= 11 is 12.6. The van der Waals surface area contributed by atoms with Crippen LogP contribution in [0.3, 0.4) is 0 Å². The van der Waals surface area contributed by atoms with Gasteiger partial charge in [-0.3, -0.25) is 4.40 Å². The van der Waals surface area contributed by atoms with Crippen LogP contribution in [0.5, 0.6) is 0 Å². The van der Waals surface area contributed by atoms with E-state index in [1.54, 1.807) is 13.8 Å². The zero-order valence-corrected chi connectivity index (χ0v) is 16.5. The van der Waals surface area contributed by atoms with E-state index in [1.165, 1.54) is 0 Å². The van der Waals surface area contributed by atoms with Crippen LogP contribution in [0.25, 0.3) is 28.0 Å². The van der Waals surface area contributed by atoms with Crippen LogP contribution < -0.4 is 0 Å². The maximum atomic E-state index is 10.3. The summed E-state index contributed by atoms with van der Waals surface area (Å²) in [4.78, 5) is 4.65. The Bertz CT molecular complexity index is 1130. The first-order valence-corrected chi connectivity index (χ1v) is 9.35. The van der Waals surface area contributed by atoms with Gasteiger partial charge in [0.05, 0.1) is 5.60 Å². The van der Waals surface area contributed by atoms with E-state index in [1.807, 2.05) is 71.3 Å². The van der Waals surface area contributed by atoms with E-state index in [0.29, 0.717) is 10.2 Å². The first kappa shape index (κ1) is 18.1. The Morgan fingerprint density at radius 1 is 0.889 bits per heavy atom. The summed E-state index contributed by atoms with van der Waals surface area (Å²) in [6.07, 6.45) is 1.97. The predicted molar refractivity (Wildman–Crippen MR) is 111 cm³/mol. The lowest BCUT2D eigenvalue weighted by atomic mass is 9.95. The van der Waals surface area contributed by atoms with Crippen LogP contribution in [-0.4, -0.2) is 14.5 Å². The number of hydrogen-bond acceptors (Lipinski definition) is 2. The lowest BCUT2D eigenvalue weighted by Gasteiger charge is -2.18. The molecule has 4 rings (SSSR count). The molecule has 0 fully saturated rings. The highest BCUT2D eigenvalue weighted by atomic mass is 35.5. The number of hydrogen-bond donors (Lipinski definition) is 1. The average Bonchev–Trinajstić information content (AvgIpc) is 2.98. The van der Waals surface area contributed by atoms with Crippen molar-refractivity contribution >= 4 is 28.8 Å². The van der Waals surface area contributed by atoms with Gasteiger partial charge in [0, 0.05) is 16.8 Å². The van der Waals surface area contributed by atoms with E-state index in [9.17, 15) is 5.11 Å². The maximum absolute atomic E-state index is 10.3. The van der Waals surface area contributed by atoms with Crippen molar-refractivity contribution in [2.75, 3.05) is 0 Å². The van der Waals surface area contributed by atoms with Gasteiger partial charge in [0.15, 0.2) is 0 Å². The Kier molecular flexibility index (Phi) is 4.47. The molecular weight excluding hydrogens is 379 g/mol. The van der Waals surface area contributed by atoms with Gasteiger partial charge in [0.25, 0.3) is 0 Å². The van der Waals surface area contributed by atoms with Crippen molar-refractivity contribution in [2.24, 2.45) is 0 Å². The van der Waals surface area contributed by atoms with Crippen LogP contribution >= 0.6 is 23.2 Å². The highest BCUT2D eigenvalue weighted by Gasteiger charge is 2.17. The van der Waals surface area contributed by atoms with Gasteiger partial charge in [0.2, 0.25) is 0 Å². The van der Waals surface area contributed by atoms with Crippen LogP contribution in [0, 0.1) is 0 Å². The Labute approximate surface area is 167 Å². The molecule has 136 valence electrons. The third kappa shape index (κ3) is 3.46. The molecule has 0 amide bonds. The topological polar surface area (TPSA) is 37.5 Å². The molecule has 0 radical (unpaired) electrons. The minimum absolute atomic E-state index is 0.549. The van der Waals surface area contributed by atoms with Gasteiger partial charge < -0.3 is 5.11 Å². The highest BCUT2D eigenvalue weighted by Crippen LogP contribution is 2.32. The summed E-state index contributed by atoms with van der Waals surface area (Å²) < 4.78 is 1.87. The highest BCUT2D eigenvalue weighted by molar-refractivity contribution is 6.32. The molecule has 0 saturated heterocycles. The smallest absolute Gasteiger partial charge is 0.141 e. The Morgan fingerprint density at radius 3 is 2.30 bits per heavy atom. The number of halogens is 2. The van der Waals surface area contributed by atoms with E-state index in [4.69, 9.17) is 23.2 Å². The minimum atomic E-state index is -0.894. The van der Waals surface area contributed by atoms with Crippen molar-refractivity contribution in [3.05, 3.63) is 82.6 Å². The normalized spacial score (nSPS) is 11.9. The van der Waals surface area contributed by atoms with Crippen LogP contribution in [0.2, 0.25) is 10.2 Å². The van der Waals surface area contributed by atoms with E-state index in [-0.39, 0.29) is 0 Å². The molecule has 2 aromatic carbocycles. The molecule has 3 nitrogen and oxygen atoms in total. The quantitative estimate of drug-likeness (QED) is 0.447. The van der Waals surface area contributed by atoms with Gasteiger partial charge >= 0.3 is 0 Å². The van der Waals surface area contributed by atoms with Crippen LogP contribution in [0.1, 0.15) is 19.4 Å². The molecule has 0 saturated carbocycles. The van der Waals surface area contributed by atoms with Crippen molar-refractivity contribution in [3.63, 3.8) is 0 Å². The molecule has 2 heterocycles. The Hall–Kier alpha value is -2.33. The van der Waals surface area contributed by atoms with Crippen molar-refractivity contribution in [2.45, 2.75) is 19.4 Å². The molecule has 27 heavy (non-hydrogen) atoms. The number of imidazole rings is 1. The molecule has 0 atom stereocenters. The summed E-state index contributed by atoms with van der Waals surface area (Å²) in [5.74, 6) is 0. The average molecular weight is 397 g/mol. The lowest BCUT2D eigenvalue weighted by molar-refractivity contribution is 0.0786. The second-order valence-corrected chi connectivity index (χ2v) is 7.84. The number of benzene rings is 2. The van der Waals surface area contributed by atoms with Gasteiger partial charge in [-0.05, 0) is 60.9 Å². The van der Waals surface area contributed by atoms with Crippen LogP contribution in [-0.2, 0) is 5.60 Å². The number of nitrogens with zero attached hydrogens (tertiary/aromatic N) is 2. The van der Waals surface area contributed by atoms with Crippen molar-refractivity contribution in [1.82, 2.24) is 9.38 Å². The Morgan fingerprint density at radius 2 is 1.59 bits per heavy atom. The summed E-state index contributed by atoms with van der Waals surface area (Å²) in [7, 11) is 0. The zero-order valence-electron chi connectivity index (χ0n) is 14.9. The molecular formula is C22H18Cl2N2O. The zero-order chi connectivity index (χ0) is 19.2. The molecule has 0 aliphatic heterocycles. The fraction of sp³-hybridized carbons (Fsp3) is 0.136. The van der Waals surface area contributed by atoms with Crippen molar-refractivity contribution in [3.8, 4) is 22.4 Å². The minimum Gasteiger partial charge on any atom is -0.386 e. The van der Waals surface area contributed by atoms with E-state index >= 15 is 0 Å². The fourth-order valence-corrected chi connectivity index (χ4v) is 3.47. The number of rotatable bonds is 3. The SMILES string of the molecule is CC(C)(O)c1cccc(-c2ccc3nc(-c4ccc(Cl)cc4)c(Cl)n3c2)c1. The lowest BCUT2D eigenvalue weighted by Crippen LogP contribution is -2.15. The van der Waals surface area contributed by atoms with Crippen molar-refractivity contribution < 1.29 is 5.11 Å². The maximum Gasteiger partial charge on any atom is 0.141 e. The third-order valence-corrected chi connectivity index (χ3v) is 5.19. The summed E-state index contributed by atoms with van der Waals surface area (Å²) in [6, 6.07) is 19.3. The van der Waals surface area contributed by atoms with Crippen LogP contribution in [0.15, 0.2) is 66.9 Å². The molecule has 1 N–H and O–H groups in total. The first-order chi connectivity index (χ1) is 12.8. The second-order valence-electron chi connectivity index (χ2n) is 7.04. The molecule has 0 spiro atoms. The van der Waals surface area contributed by atoms with Gasteiger partial charge in [-0.2, -0.15) is 0 Å². The monoisotopic (exact) mass is 396 g/mol. The summed E-state index contributed by atoms with van der Waals surface area (Å²) in [5.41, 5.74) is 4.37. The second kappa shape index (κ2) is 6.68. The van der Waals surface area contributed by atoms with Gasteiger partial charge in [-0.25, -0.2) is 4.98 Å². The molecule has 0 aliphatic rings. The van der Waals surface area contributed by atoms with Crippen molar-refractivity contribution in [1.29, 1.82) is 0 Å². The Balaban J connectivity index is 1.81. The molecule has 2 aromatic heterocycles. The molecule has 4 aromatic rings. The van der Waals surface area contributed by atoms with E-state index < -0.39 is 5.60 Å². The number of aliphatic hydroxyl groups is 1. The number of pyridine rings is 1. The molecule has 5 heteroatoms.